The minimum Gasteiger partial charge on any atom is -0.497 e. The fraction of sp³-hybridized carbons (Fsp3) is 0.286. The maximum Gasteiger partial charge on any atom is 0.244 e. The van der Waals surface area contributed by atoms with Crippen LogP contribution in [0.1, 0.15) is 18.4 Å². The summed E-state index contributed by atoms with van der Waals surface area (Å²) in [5.41, 5.74) is 0.598. The van der Waals surface area contributed by atoms with Gasteiger partial charge in [-0.1, -0.05) is 12.1 Å². The lowest BCUT2D eigenvalue weighted by Crippen LogP contribution is -2.46. The molecule has 0 aliphatic carbocycles. The summed E-state index contributed by atoms with van der Waals surface area (Å²) in [6, 6.07) is 12.1. The summed E-state index contributed by atoms with van der Waals surface area (Å²) < 4.78 is 45.2. The van der Waals surface area contributed by atoms with E-state index in [9.17, 15) is 17.6 Å². The highest BCUT2D eigenvalue weighted by Gasteiger charge is 2.29. The van der Waals surface area contributed by atoms with Crippen LogP contribution in [0.25, 0.3) is 6.08 Å². The number of nitrogens with one attached hydrogen (secondary N) is 1. The zero-order valence-electron chi connectivity index (χ0n) is 16.0. The van der Waals surface area contributed by atoms with Crippen molar-refractivity contribution in [3.63, 3.8) is 0 Å². The molecular weight excluding hydrogens is 395 g/mol. The van der Waals surface area contributed by atoms with Crippen molar-refractivity contribution in [3.05, 3.63) is 66.0 Å². The molecule has 2 aromatic carbocycles. The molecule has 1 amide bonds. The molecular formula is C21H23FN2O4S. The predicted molar refractivity (Wildman–Crippen MR) is 108 cm³/mol. The molecule has 2 aromatic rings. The fourth-order valence-electron chi connectivity index (χ4n) is 3.17. The van der Waals surface area contributed by atoms with Crippen LogP contribution in [0.15, 0.2) is 59.5 Å². The number of hydrogen-bond acceptors (Lipinski definition) is 4. The SMILES string of the molecule is COc1ccc(S(=O)(=O)N2CCC(NC(=O)/C=C/c3cccc(F)c3)CC2)cc1. The van der Waals surface area contributed by atoms with Gasteiger partial charge < -0.3 is 10.1 Å². The van der Waals surface area contributed by atoms with Gasteiger partial charge in [0.1, 0.15) is 11.6 Å². The number of methoxy groups -OCH3 is 1. The number of ether oxygens (including phenoxy) is 1. The van der Waals surface area contributed by atoms with E-state index >= 15 is 0 Å². The van der Waals surface area contributed by atoms with Crippen LogP contribution in [0.3, 0.4) is 0 Å². The third kappa shape index (κ3) is 5.42. The largest absolute Gasteiger partial charge is 0.497 e. The average Bonchev–Trinajstić information content (AvgIpc) is 2.73. The molecule has 1 fully saturated rings. The van der Waals surface area contributed by atoms with Crippen LogP contribution in [0.2, 0.25) is 0 Å². The van der Waals surface area contributed by atoms with E-state index in [0.717, 1.165) is 0 Å². The van der Waals surface area contributed by atoms with Crippen LogP contribution in [0.5, 0.6) is 5.75 Å². The molecule has 1 saturated heterocycles. The predicted octanol–water partition coefficient (Wildman–Crippen LogP) is 2.82. The number of nitrogens with zero attached hydrogens (tertiary/aromatic N) is 1. The highest BCUT2D eigenvalue weighted by atomic mass is 32.2. The summed E-state index contributed by atoms with van der Waals surface area (Å²) in [6.45, 7) is 0.653. The van der Waals surface area contributed by atoms with Gasteiger partial charge in [-0.3, -0.25) is 4.79 Å². The lowest BCUT2D eigenvalue weighted by molar-refractivity contribution is -0.117. The monoisotopic (exact) mass is 418 g/mol. The summed E-state index contributed by atoms with van der Waals surface area (Å²) in [4.78, 5) is 12.3. The van der Waals surface area contributed by atoms with Crippen LogP contribution in [-0.4, -0.2) is 44.9 Å². The second kappa shape index (κ2) is 9.19. The molecule has 1 heterocycles. The lowest BCUT2D eigenvalue weighted by Gasteiger charge is -2.31. The minimum absolute atomic E-state index is 0.109. The molecule has 0 unspecified atom stereocenters. The molecule has 1 aliphatic rings. The highest BCUT2D eigenvalue weighted by molar-refractivity contribution is 7.89. The standard InChI is InChI=1S/C21H23FN2O4S/c1-28-19-6-8-20(9-7-19)29(26,27)24-13-11-18(12-14-24)23-21(25)10-5-16-3-2-4-17(22)15-16/h2-10,15,18H,11-14H2,1H3,(H,23,25)/b10-5+. The summed E-state index contributed by atoms with van der Waals surface area (Å²) in [5, 5.41) is 2.87. The van der Waals surface area contributed by atoms with E-state index in [1.54, 1.807) is 30.3 Å². The molecule has 0 aromatic heterocycles. The Hall–Kier alpha value is -2.71. The first-order chi connectivity index (χ1) is 13.9. The number of sulfonamides is 1. The molecule has 0 radical (unpaired) electrons. The van der Waals surface area contributed by atoms with Gasteiger partial charge in [0.25, 0.3) is 0 Å². The third-order valence-corrected chi connectivity index (χ3v) is 6.69. The van der Waals surface area contributed by atoms with Crippen molar-refractivity contribution < 1.29 is 22.3 Å². The van der Waals surface area contributed by atoms with Crippen molar-refractivity contribution in [1.29, 1.82) is 0 Å². The van der Waals surface area contributed by atoms with E-state index < -0.39 is 10.0 Å². The van der Waals surface area contributed by atoms with Gasteiger partial charge in [0.2, 0.25) is 15.9 Å². The van der Waals surface area contributed by atoms with Gasteiger partial charge in [0.05, 0.1) is 12.0 Å². The van der Waals surface area contributed by atoms with Crippen molar-refractivity contribution >= 4 is 22.0 Å². The molecule has 0 saturated carbocycles. The maximum atomic E-state index is 13.2. The topological polar surface area (TPSA) is 75.7 Å². The Morgan fingerprint density at radius 3 is 2.48 bits per heavy atom. The molecule has 1 N–H and O–H groups in total. The highest BCUT2D eigenvalue weighted by Crippen LogP contribution is 2.22. The number of carbonyl (C=O) groups is 1. The summed E-state index contributed by atoms with van der Waals surface area (Å²) in [6.07, 6.45) is 3.95. The molecule has 6 nitrogen and oxygen atoms in total. The Bertz CT molecular complexity index is 982. The van der Waals surface area contributed by atoms with E-state index in [1.165, 1.54) is 41.8 Å². The summed E-state index contributed by atoms with van der Waals surface area (Å²) in [5.74, 6) is -0.0552. The fourth-order valence-corrected chi connectivity index (χ4v) is 4.64. The zero-order chi connectivity index (χ0) is 20.9. The molecule has 8 heteroatoms. The van der Waals surface area contributed by atoms with E-state index in [4.69, 9.17) is 4.74 Å². The van der Waals surface area contributed by atoms with Crippen LogP contribution >= 0.6 is 0 Å². The Morgan fingerprint density at radius 1 is 1.17 bits per heavy atom. The number of halogens is 1. The number of carbonyl (C=O) groups excluding carboxylic acids is 1. The van der Waals surface area contributed by atoms with Gasteiger partial charge in [-0.2, -0.15) is 4.31 Å². The van der Waals surface area contributed by atoms with Gasteiger partial charge in [0, 0.05) is 25.2 Å². The van der Waals surface area contributed by atoms with Gasteiger partial charge in [-0.25, -0.2) is 12.8 Å². The normalized spacial score (nSPS) is 16.1. The molecule has 0 spiro atoms. The number of piperidine rings is 1. The number of rotatable bonds is 6. The smallest absolute Gasteiger partial charge is 0.244 e. The number of hydrogen-bond donors (Lipinski definition) is 1. The Kier molecular flexibility index (Phi) is 6.66. The zero-order valence-corrected chi connectivity index (χ0v) is 16.9. The number of benzene rings is 2. The van der Waals surface area contributed by atoms with Crippen LogP contribution in [0.4, 0.5) is 4.39 Å². The second-order valence-electron chi connectivity index (χ2n) is 6.75. The second-order valence-corrected chi connectivity index (χ2v) is 8.69. The van der Waals surface area contributed by atoms with Gasteiger partial charge in [-0.05, 0) is 60.9 Å². The van der Waals surface area contributed by atoms with Crippen LogP contribution in [0, 0.1) is 5.82 Å². The number of amides is 1. The molecule has 154 valence electrons. The van der Waals surface area contributed by atoms with Gasteiger partial charge in [0.15, 0.2) is 0 Å². The van der Waals surface area contributed by atoms with E-state index in [0.29, 0.717) is 37.2 Å². The molecule has 0 bridgehead atoms. The maximum absolute atomic E-state index is 13.2. The van der Waals surface area contributed by atoms with E-state index in [1.807, 2.05) is 0 Å². The first-order valence-corrected chi connectivity index (χ1v) is 10.7. The van der Waals surface area contributed by atoms with Crippen LogP contribution < -0.4 is 10.1 Å². The van der Waals surface area contributed by atoms with Gasteiger partial charge in [-0.15, -0.1) is 0 Å². The minimum atomic E-state index is -3.57. The molecule has 0 atom stereocenters. The Morgan fingerprint density at radius 2 is 1.86 bits per heavy atom. The third-order valence-electron chi connectivity index (χ3n) is 4.77. The first-order valence-electron chi connectivity index (χ1n) is 9.27. The van der Waals surface area contributed by atoms with E-state index in [2.05, 4.69) is 5.32 Å². The summed E-state index contributed by atoms with van der Waals surface area (Å²) in [7, 11) is -2.05. The van der Waals surface area contributed by atoms with Crippen molar-refractivity contribution in [3.8, 4) is 5.75 Å². The first kappa shape index (κ1) is 21.0. The van der Waals surface area contributed by atoms with Crippen LogP contribution in [-0.2, 0) is 14.8 Å². The summed E-state index contributed by atoms with van der Waals surface area (Å²) >= 11 is 0. The molecule has 29 heavy (non-hydrogen) atoms. The Balaban J connectivity index is 1.53. The van der Waals surface area contributed by atoms with Crippen molar-refractivity contribution in [2.24, 2.45) is 0 Å². The quantitative estimate of drug-likeness (QED) is 0.732. The van der Waals surface area contributed by atoms with Crippen molar-refractivity contribution in [2.45, 2.75) is 23.8 Å². The van der Waals surface area contributed by atoms with Crippen molar-refractivity contribution in [1.82, 2.24) is 9.62 Å². The Labute approximate surface area is 170 Å². The molecule has 3 rings (SSSR count). The van der Waals surface area contributed by atoms with Crippen molar-refractivity contribution in [2.75, 3.05) is 20.2 Å². The lowest BCUT2D eigenvalue weighted by atomic mass is 10.1. The molecule has 1 aliphatic heterocycles. The van der Waals surface area contributed by atoms with E-state index in [-0.39, 0.29) is 22.7 Å². The average molecular weight is 418 g/mol. The van der Waals surface area contributed by atoms with Gasteiger partial charge >= 0.3 is 0 Å².